The molecule has 5 rings (SSSR count). The van der Waals surface area contributed by atoms with Crippen LogP contribution in [0.5, 0.6) is 11.5 Å². The lowest BCUT2D eigenvalue weighted by molar-refractivity contribution is -0.122. The van der Waals surface area contributed by atoms with E-state index in [9.17, 15) is 14.4 Å². The Morgan fingerprint density at radius 2 is 1.64 bits per heavy atom. The maximum atomic E-state index is 13.2. The smallest absolute Gasteiger partial charge is 0.335 e. The van der Waals surface area contributed by atoms with Gasteiger partial charge in [0.2, 0.25) is 0 Å². The molecule has 1 saturated heterocycles. The van der Waals surface area contributed by atoms with Gasteiger partial charge in [-0.1, -0.05) is 42.5 Å². The number of anilines is 1. The van der Waals surface area contributed by atoms with E-state index in [4.69, 9.17) is 9.47 Å². The molecule has 1 aliphatic heterocycles. The second kappa shape index (κ2) is 9.79. The van der Waals surface area contributed by atoms with Crippen LogP contribution in [0.2, 0.25) is 0 Å². The van der Waals surface area contributed by atoms with E-state index in [-0.39, 0.29) is 5.57 Å². The number of methoxy groups -OCH3 is 1. The minimum absolute atomic E-state index is 0.117. The monoisotopic (exact) mass is 481 g/mol. The molecule has 0 atom stereocenters. The van der Waals surface area contributed by atoms with Gasteiger partial charge in [0, 0.05) is 28.7 Å². The first-order chi connectivity index (χ1) is 17.5. The van der Waals surface area contributed by atoms with Gasteiger partial charge in [-0.05, 0) is 36.4 Å². The molecule has 1 fully saturated rings. The molecule has 3 aromatic carbocycles. The number of hydrogen-bond donors (Lipinski definition) is 1. The summed E-state index contributed by atoms with van der Waals surface area (Å²) in [6, 6.07) is 22.8. The van der Waals surface area contributed by atoms with E-state index in [0.29, 0.717) is 35.9 Å². The molecule has 36 heavy (non-hydrogen) atoms. The largest absolute Gasteiger partial charge is 0.497 e. The average Bonchev–Trinajstić information content (AvgIpc) is 3.24. The van der Waals surface area contributed by atoms with Gasteiger partial charge in [0.1, 0.15) is 23.7 Å². The number of nitrogens with zero attached hydrogens (tertiary/aromatic N) is 2. The summed E-state index contributed by atoms with van der Waals surface area (Å²) in [6.07, 6.45) is 3.40. The highest BCUT2D eigenvalue weighted by atomic mass is 16.5. The predicted octanol–water partition coefficient (Wildman–Crippen LogP) is 4.40. The summed E-state index contributed by atoms with van der Waals surface area (Å²) in [5, 5.41) is 3.14. The molecule has 1 aliphatic rings. The van der Waals surface area contributed by atoms with Gasteiger partial charge in [-0.25, -0.2) is 9.69 Å². The lowest BCUT2D eigenvalue weighted by Gasteiger charge is -2.26. The number of carbonyl (C=O) groups excluding carboxylic acids is 3. The summed E-state index contributed by atoms with van der Waals surface area (Å²) in [6.45, 7) is 0.938. The second-order valence-corrected chi connectivity index (χ2v) is 8.12. The van der Waals surface area contributed by atoms with E-state index < -0.39 is 17.8 Å². The normalized spacial score (nSPS) is 14.9. The van der Waals surface area contributed by atoms with Crippen LogP contribution >= 0.6 is 0 Å². The van der Waals surface area contributed by atoms with E-state index in [1.165, 1.54) is 6.08 Å². The molecule has 0 saturated carbocycles. The van der Waals surface area contributed by atoms with E-state index in [2.05, 4.69) is 5.32 Å². The van der Waals surface area contributed by atoms with Gasteiger partial charge in [-0.3, -0.25) is 14.9 Å². The maximum absolute atomic E-state index is 13.2. The molecule has 0 unspecified atom stereocenters. The number of ether oxygens (including phenoxy) is 2. The highest BCUT2D eigenvalue weighted by Gasteiger charge is 2.36. The second-order valence-electron chi connectivity index (χ2n) is 8.12. The number of hydrogen-bond acceptors (Lipinski definition) is 5. The highest BCUT2D eigenvalue weighted by Crippen LogP contribution is 2.27. The summed E-state index contributed by atoms with van der Waals surface area (Å²) in [7, 11) is 1.60. The third-order valence-corrected chi connectivity index (χ3v) is 5.88. The first kappa shape index (κ1) is 22.9. The number of para-hydroxylation sites is 2. The van der Waals surface area contributed by atoms with Gasteiger partial charge in [0.15, 0.2) is 0 Å². The van der Waals surface area contributed by atoms with Crippen molar-refractivity contribution in [3.8, 4) is 11.5 Å². The zero-order valence-electron chi connectivity index (χ0n) is 19.5. The molecule has 0 aliphatic carbocycles. The summed E-state index contributed by atoms with van der Waals surface area (Å²) >= 11 is 0. The molecule has 1 aromatic heterocycles. The molecule has 0 spiro atoms. The van der Waals surface area contributed by atoms with Gasteiger partial charge in [-0.2, -0.15) is 0 Å². The molecule has 180 valence electrons. The first-order valence-corrected chi connectivity index (χ1v) is 11.4. The van der Waals surface area contributed by atoms with Crippen molar-refractivity contribution in [2.75, 3.05) is 18.6 Å². The number of amides is 4. The summed E-state index contributed by atoms with van der Waals surface area (Å²) < 4.78 is 13.1. The molecule has 8 nitrogen and oxygen atoms in total. The molecule has 8 heteroatoms. The molecular weight excluding hydrogens is 458 g/mol. The van der Waals surface area contributed by atoms with Crippen molar-refractivity contribution in [1.82, 2.24) is 9.88 Å². The molecular formula is C28H23N3O5. The lowest BCUT2D eigenvalue weighted by atomic mass is 10.1. The van der Waals surface area contributed by atoms with E-state index in [1.54, 1.807) is 37.4 Å². The van der Waals surface area contributed by atoms with Gasteiger partial charge in [0.05, 0.1) is 19.3 Å². The molecule has 2 heterocycles. The van der Waals surface area contributed by atoms with Crippen LogP contribution in [0, 0.1) is 0 Å². The number of carbonyl (C=O) groups is 3. The predicted molar refractivity (Wildman–Crippen MR) is 136 cm³/mol. The minimum atomic E-state index is -0.773. The van der Waals surface area contributed by atoms with Gasteiger partial charge < -0.3 is 14.0 Å². The zero-order chi connectivity index (χ0) is 25.1. The van der Waals surface area contributed by atoms with Gasteiger partial charge >= 0.3 is 6.03 Å². The zero-order valence-corrected chi connectivity index (χ0v) is 19.5. The third-order valence-electron chi connectivity index (χ3n) is 5.88. The minimum Gasteiger partial charge on any atom is -0.497 e. The standard InChI is InChI=1S/C28H23N3O5/c1-35-21-10-7-11-22(17-21)36-15-14-30-18-19(23-12-5-6-13-25(23)30)16-24-26(32)29-28(34)31(27(24)33)20-8-3-2-4-9-20/h2-13,16-18H,14-15H2,1H3,(H,29,32,34)/b24-16-. The topological polar surface area (TPSA) is 89.9 Å². The van der Waals surface area contributed by atoms with Crippen LogP contribution in [0.1, 0.15) is 5.56 Å². The Hall–Kier alpha value is -4.85. The molecule has 1 N–H and O–H groups in total. The third kappa shape index (κ3) is 4.44. The van der Waals surface area contributed by atoms with Crippen molar-refractivity contribution in [3.05, 3.63) is 96.2 Å². The van der Waals surface area contributed by atoms with Crippen molar-refractivity contribution in [2.45, 2.75) is 6.54 Å². The Bertz CT molecular complexity index is 1490. The van der Waals surface area contributed by atoms with Crippen molar-refractivity contribution >= 4 is 40.5 Å². The van der Waals surface area contributed by atoms with Gasteiger partial charge in [0.25, 0.3) is 11.8 Å². The Morgan fingerprint density at radius 1 is 0.889 bits per heavy atom. The van der Waals surface area contributed by atoms with Crippen molar-refractivity contribution in [1.29, 1.82) is 0 Å². The lowest BCUT2D eigenvalue weighted by Crippen LogP contribution is -2.54. The number of barbiturate groups is 1. The number of nitrogens with one attached hydrogen (secondary N) is 1. The van der Waals surface area contributed by atoms with Crippen LogP contribution in [0.15, 0.2) is 90.6 Å². The number of aromatic nitrogens is 1. The van der Waals surface area contributed by atoms with Crippen molar-refractivity contribution < 1.29 is 23.9 Å². The summed E-state index contributed by atoms with van der Waals surface area (Å²) in [5.74, 6) is 0.0121. The fourth-order valence-corrected chi connectivity index (χ4v) is 4.15. The van der Waals surface area contributed by atoms with Crippen molar-refractivity contribution in [3.63, 3.8) is 0 Å². The average molecular weight is 482 g/mol. The fourth-order valence-electron chi connectivity index (χ4n) is 4.15. The quantitative estimate of drug-likeness (QED) is 0.312. The fraction of sp³-hybridized carbons (Fsp3) is 0.107. The molecule has 0 radical (unpaired) electrons. The van der Waals surface area contributed by atoms with E-state index >= 15 is 0 Å². The van der Waals surface area contributed by atoms with Crippen LogP contribution in [0.3, 0.4) is 0 Å². The van der Waals surface area contributed by atoms with Gasteiger partial charge in [-0.15, -0.1) is 0 Å². The number of urea groups is 1. The van der Waals surface area contributed by atoms with Crippen LogP contribution in [0.4, 0.5) is 10.5 Å². The number of rotatable bonds is 7. The van der Waals surface area contributed by atoms with E-state index in [0.717, 1.165) is 15.8 Å². The van der Waals surface area contributed by atoms with Crippen LogP contribution in [-0.4, -0.2) is 36.1 Å². The van der Waals surface area contributed by atoms with Crippen LogP contribution in [0.25, 0.3) is 17.0 Å². The number of benzene rings is 3. The molecule has 4 aromatic rings. The Labute approximate surface area is 207 Å². The molecule has 0 bridgehead atoms. The first-order valence-electron chi connectivity index (χ1n) is 11.4. The maximum Gasteiger partial charge on any atom is 0.335 e. The Balaban J connectivity index is 1.43. The Morgan fingerprint density at radius 3 is 2.44 bits per heavy atom. The summed E-state index contributed by atoms with van der Waals surface area (Å²) in [4.78, 5) is 39.2. The molecule has 4 amide bonds. The van der Waals surface area contributed by atoms with Crippen molar-refractivity contribution in [2.24, 2.45) is 0 Å². The SMILES string of the molecule is COc1cccc(OCCn2cc(/C=C3/C(=O)NC(=O)N(c4ccccc4)C3=O)c3ccccc32)c1. The number of imide groups is 2. The van der Waals surface area contributed by atoms with E-state index in [1.807, 2.05) is 59.3 Å². The number of fused-ring (bicyclic) bond motifs is 1. The Kier molecular flexibility index (Phi) is 6.23. The summed E-state index contributed by atoms with van der Waals surface area (Å²) in [5.41, 5.74) is 1.88. The highest BCUT2D eigenvalue weighted by molar-refractivity contribution is 6.39. The van der Waals surface area contributed by atoms with Crippen LogP contribution < -0.4 is 19.7 Å². The van der Waals surface area contributed by atoms with Crippen LogP contribution in [-0.2, 0) is 16.1 Å².